The summed E-state index contributed by atoms with van der Waals surface area (Å²) in [5.74, 6) is -0.0281. The van der Waals surface area contributed by atoms with Crippen LogP contribution < -0.4 is 16.4 Å². The largest absolute Gasteiger partial charge is 0.341 e. The fourth-order valence-corrected chi connectivity index (χ4v) is 2.96. The molecular formula is C16H21ClN4O3. The number of hydrogen-bond acceptors (Lipinski definition) is 4. The number of H-pyrrole nitrogens is 1. The van der Waals surface area contributed by atoms with E-state index in [9.17, 15) is 14.4 Å². The minimum absolute atomic E-state index is 0. The van der Waals surface area contributed by atoms with Gasteiger partial charge in [-0.3, -0.25) is 19.5 Å². The normalized spacial score (nSPS) is 16.8. The molecule has 0 saturated carbocycles. The predicted octanol–water partition coefficient (Wildman–Crippen LogP) is 0.322. The van der Waals surface area contributed by atoms with Gasteiger partial charge >= 0.3 is 0 Å². The number of aryl methyl sites for hydroxylation is 1. The van der Waals surface area contributed by atoms with Gasteiger partial charge in [0.25, 0.3) is 11.1 Å². The van der Waals surface area contributed by atoms with E-state index in [1.165, 1.54) is 4.68 Å². The van der Waals surface area contributed by atoms with E-state index in [1.54, 1.807) is 36.2 Å². The van der Waals surface area contributed by atoms with Crippen molar-refractivity contribution in [1.82, 2.24) is 20.0 Å². The number of aromatic nitrogens is 2. The number of carbonyl (C=O) groups excluding carboxylic acids is 1. The Morgan fingerprint density at radius 2 is 2.00 bits per heavy atom. The van der Waals surface area contributed by atoms with Gasteiger partial charge in [-0.25, -0.2) is 4.68 Å². The molecule has 1 saturated heterocycles. The molecule has 0 aliphatic carbocycles. The Kier molecular flexibility index (Phi) is 5.80. The molecule has 0 radical (unpaired) electrons. The molecule has 1 aromatic heterocycles. The van der Waals surface area contributed by atoms with Gasteiger partial charge in [0.1, 0.15) is 0 Å². The second-order valence-electron chi connectivity index (χ2n) is 5.84. The van der Waals surface area contributed by atoms with E-state index in [1.807, 2.05) is 0 Å². The van der Waals surface area contributed by atoms with Gasteiger partial charge in [-0.05, 0) is 25.1 Å². The number of fused-ring (bicyclic) bond motifs is 1. The third-order valence-corrected chi connectivity index (χ3v) is 4.41. The number of nitrogens with zero attached hydrogens (tertiary/aromatic N) is 2. The highest BCUT2D eigenvalue weighted by molar-refractivity contribution is 5.85. The van der Waals surface area contributed by atoms with Crippen molar-refractivity contribution in [2.75, 3.05) is 20.1 Å². The minimum Gasteiger partial charge on any atom is -0.341 e. The second-order valence-corrected chi connectivity index (χ2v) is 5.84. The predicted molar refractivity (Wildman–Crippen MR) is 94.7 cm³/mol. The van der Waals surface area contributed by atoms with Crippen LogP contribution in [0, 0.1) is 0 Å². The molecule has 1 aromatic carbocycles. The van der Waals surface area contributed by atoms with Crippen molar-refractivity contribution in [1.29, 1.82) is 0 Å². The quantitative estimate of drug-likeness (QED) is 0.829. The minimum atomic E-state index is -0.319. The molecule has 2 heterocycles. The topological polar surface area (TPSA) is 87.2 Å². The van der Waals surface area contributed by atoms with Crippen molar-refractivity contribution in [3.8, 4) is 0 Å². The molecule has 2 N–H and O–H groups in total. The lowest BCUT2D eigenvalue weighted by Crippen LogP contribution is -2.39. The Labute approximate surface area is 145 Å². The van der Waals surface area contributed by atoms with Crippen molar-refractivity contribution in [2.24, 2.45) is 0 Å². The molecule has 1 unspecified atom stereocenters. The number of benzene rings is 1. The first-order valence-electron chi connectivity index (χ1n) is 7.76. The number of likely N-dealkylation sites (N-methyl/N-ethyl adjacent to an activating group) is 1. The average Bonchev–Trinajstić information content (AvgIpc) is 3.10. The SMILES string of the molecule is CN(C(=O)CCn1[nH]c(=O)c2ccccc2c1=O)C1CCNC1.Cl. The van der Waals surface area contributed by atoms with Gasteiger partial charge in [0.05, 0.1) is 17.3 Å². The molecule has 7 nitrogen and oxygen atoms in total. The summed E-state index contributed by atoms with van der Waals surface area (Å²) < 4.78 is 1.23. The van der Waals surface area contributed by atoms with Crippen LogP contribution in [0.5, 0.6) is 0 Å². The fraction of sp³-hybridized carbons (Fsp3) is 0.438. The van der Waals surface area contributed by atoms with Crippen molar-refractivity contribution < 1.29 is 4.79 Å². The lowest BCUT2D eigenvalue weighted by Gasteiger charge is -2.23. The highest BCUT2D eigenvalue weighted by Crippen LogP contribution is 2.08. The number of rotatable bonds is 4. The summed E-state index contributed by atoms with van der Waals surface area (Å²) >= 11 is 0. The number of aromatic amines is 1. The molecule has 1 atom stereocenters. The van der Waals surface area contributed by atoms with Gasteiger partial charge in [0.15, 0.2) is 0 Å². The molecule has 130 valence electrons. The standard InChI is InChI=1S/C16H20N4O3.ClH/c1-19(11-6-8-17-10-11)14(21)7-9-20-16(23)13-5-3-2-4-12(13)15(22)18-20;/h2-5,11,17H,6-10H2,1H3,(H,18,22);1H. The fourth-order valence-electron chi connectivity index (χ4n) is 2.96. The molecule has 2 aromatic rings. The molecule has 3 rings (SSSR count). The van der Waals surface area contributed by atoms with Gasteiger partial charge < -0.3 is 10.2 Å². The van der Waals surface area contributed by atoms with E-state index in [4.69, 9.17) is 0 Å². The lowest BCUT2D eigenvalue weighted by molar-refractivity contribution is -0.131. The molecule has 8 heteroatoms. The van der Waals surface area contributed by atoms with Crippen LogP contribution in [-0.2, 0) is 11.3 Å². The van der Waals surface area contributed by atoms with Crippen molar-refractivity contribution >= 4 is 29.1 Å². The maximum atomic E-state index is 12.4. The monoisotopic (exact) mass is 352 g/mol. The molecular weight excluding hydrogens is 332 g/mol. The van der Waals surface area contributed by atoms with E-state index in [0.717, 1.165) is 19.5 Å². The van der Waals surface area contributed by atoms with Crippen LogP contribution in [0.4, 0.5) is 0 Å². The second kappa shape index (κ2) is 7.63. The Hall–Kier alpha value is -2.12. The van der Waals surface area contributed by atoms with Crippen LogP contribution in [-0.4, -0.2) is 46.8 Å². The molecule has 0 bridgehead atoms. The molecule has 1 aliphatic rings. The van der Waals surface area contributed by atoms with Crippen molar-refractivity contribution in [3.05, 3.63) is 45.0 Å². The average molecular weight is 353 g/mol. The van der Waals surface area contributed by atoms with E-state index < -0.39 is 0 Å². The summed E-state index contributed by atoms with van der Waals surface area (Å²) in [6, 6.07) is 6.89. The van der Waals surface area contributed by atoms with Crippen LogP contribution >= 0.6 is 12.4 Å². The van der Waals surface area contributed by atoms with Crippen molar-refractivity contribution in [3.63, 3.8) is 0 Å². The maximum Gasteiger partial charge on any atom is 0.273 e. The summed E-state index contributed by atoms with van der Waals surface area (Å²) in [6.45, 7) is 1.89. The Morgan fingerprint density at radius 1 is 1.29 bits per heavy atom. The summed E-state index contributed by atoms with van der Waals surface area (Å²) in [6.07, 6.45) is 1.12. The zero-order valence-corrected chi connectivity index (χ0v) is 14.3. The van der Waals surface area contributed by atoms with Crippen LogP contribution in [0.2, 0.25) is 0 Å². The first-order chi connectivity index (χ1) is 11.1. The molecule has 1 amide bonds. The summed E-state index contributed by atoms with van der Waals surface area (Å²) in [5, 5.41) is 6.51. The summed E-state index contributed by atoms with van der Waals surface area (Å²) in [4.78, 5) is 38.4. The number of nitrogens with one attached hydrogen (secondary N) is 2. The van der Waals surface area contributed by atoms with Gasteiger partial charge in [-0.2, -0.15) is 0 Å². The van der Waals surface area contributed by atoms with Crippen LogP contribution in [0.1, 0.15) is 12.8 Å². The summed E-state index contributed by atoms with van der Waals surface area (Å²) in [5.41, 5.74) is -0.598. The number of amides is 1. The zero-order chi connectivity index (χ0) is 16.4. The van der Waals surface area contributed by atoms with E-state index in [-0.39, 0.29) is 48.4 Å². The van der Waals surface area contributed by atoms with E-state index in [2.05, 4.69) is 10.4 Å². The lowest BCUT2D eigenvalue weighted by atomic mass is 10.2. The highest BCUT2D eigenvalue weighted by atomic mass is 35.5. The van der Waals surface area contributed by atoms with Gasteiger partial charge in [-0.1, -0.05) is 12.1 Å². The molecule has 0 spiro atoms. The Bertz CT molecular complexity index is 839. The highest BCUT2D eigenvalue weighted by Gasteiger charge is 2.22. The number of halogens is 1. The van der Waals surface area contributed by atoms with Gasteiger partial charge in [-0.15, -0.1) is 12.4 Å². The van der Waals surface area contributed by atoms with Crippen LogP contribution in [0.25, 0.3) is 10.8 Å². The maximum absolute atomic E-state index is 12.4. The van der Waals surface area contributed by atoms with Crippen molar-refractivity contribution in [2.45, 2.75) is 25.4 Å². The smallest absolute Gasteiger partial charge is 0.273 e. The molecule has 1 aliphatic heterocycles. The Balaban J connectivity index is 0.00000208. The Morgan fingerprint density at radius 3 is 2.67 bits per heavy atom. The summed E-state index contributed by atoms with van der Waals surface area (Å²) in [7, 11) is 1.78. The first-order valence-corrected chi connectivity index (χ1v) is 7.76. The number of carbonyl (C=O) groups is 1. The van der Waals surface area contributed by atoms with Gasteiger partial charge in [0.2, 0.25) is 5.91 Å². The molecule has 24 heavy (non-hydrogen) atoms. The third kappa shape index (κ3) is 3.52. The van der Waals surface area contributed by atoms with E-state index in [0.29, 0.717) is 10.8 Å². The third-order valence-electron chi connectivity index (χ3n) is 4.41. The number of hydrogen-bond donors (Lipinski definition) is 2. The first kappa shape index (κ1) is 18.2. The molecule has 1 fully saturated rings. The van der Waals surface area contributed by atoms with Crippen LogP contribution in [0.3, 0.4) is 0 Å². The zero-order valence-electron chi connectivity index (χ0n) is 13.4. The van der Waals surface area contributed by atoms with E-state index >= 15 is 0 Å². The van der Waals surface area contributed by atoms with Crippen LogP contribution in [0.15, 0.2) is 33.9 Å². The van der Waals surface area contributed by atoms with Gasteiger partial charge in [0, 0.05) is 26.1 Å².